The lowest BCUT2D eigenvalue weighted by Crippen LogP contribution is -2.14. The molecule has 3 nitrogen and oxygen atoms in total. The lowest BCUT2D eigenvalue weighted by atomic mass is 10.3. The molecule has 0 bridgehead atoms. The van der Waals surface area contributed by atoms with E-state index in [0.29, 0.717) is 13.2 Å². The van der Waals surface area contributed by atoms with Gasteiger partial charge in [-0.2, -0.15) is 0 Å². The molecule has 2 heterocycles. The van der Waals surface area contributed by atoms with E-state index in [1.807, 2.05) is 19.2 Å². The van der Waals surface area contributed by atoms with Crippen molar-refractivity contribution >= 4 is 6.08 Å². The van der Waals surface area contributed by atoms with Crippen molar-refractivity contribution in [1.82, 2.24) is 4.57 Å². The summed E-state index contributed by atoms with van der Waals surface area (Å²) in [5.74, 6) is 1.75. The fourth-order valence-electron chi connectivity index (χ4n) is 1.66. The third-order valence-corrected chi connectivity index (χ3v) is 2.29. The molecule has 1 aliphatic heterocycles. The van der Waals surface area contributed by atoms with E-state index in [2.05, 4.69) is 17.6 Å². The van der Waals surface area contributed by atoms with Gasteiger partial charge >= 0.3 is 0 Å². The largest absolute Gasteiger partial charge is 0.485 e. The second-order valence-electron chi connectivity index (χ2n) is 3.19. The zero-order valence-electron chi connectivity index (χ0n) is 8.62. The normalized spacial score (nSPS) is 15.0. The number of aryl methyl sites for hydroxylation is 1. The first-order chi connectivity index (χ1) is 6.86. The van der Waals surface area contributed by atoms with Crippen LogP contribution < -0.4 is 9.47 Å². The highest BCUT2D eigenvalue weighted by Crippen LogP contribution is 2.36. The van der Waals surface area contributed by atoms with Gasteiger partial charge in [0.15, 0.2) is 11.5 Å². The van der Waals surface area contributed by atoms with Gasteiger partial charge in [0.05, 0.1) is 11.9 Å². The van der Waals surface area contributed by atoms with Crippen LogP contribution in [0.1, 0.15) is 19.5 Å². The number of hydrogen-bond acceptors (Lipinski definition) is 2. The topological polar surface area (TPSA) is 23.4 Å². The summed E-state index contributed by atoms with van der Waals surface area (Å²) in [4.78, 5) is 0. The van der Waals surface area contributed by atoms with Gasteiger partial charge in [-0.3, -0.25) is 0 Å². The lowest BCUT2D eigenvalue weighted by molar-refractivity contribution is 0.173. The van der Waals surface area contributed by atoms with Crippen molar-refractivity contribution in [2.45, 2.75) is 20.4 Å². The highest BCUT2D eigenvalue weighted by Gasteiger charge is 2.19. The zero-order chi connectivity index (χ0) is 9.97. The molecule has 1 aliphatic rings. The number of fused-ring (bicyclic) bond motifs is 1. The molecule has 0 unspecified atom stereocenters. The Labute approximate surface area is 83.9 Å². The maximum atomic E-state index is 5.59. The molecule has 0 spiro atoms. The van der Waals surface area contributed by atoms with Crippen molar-refractivity contribution in [2.24, 2.45) is 0 Å². The van der Waals surface area contributed by atoms with Gasteiger partial charge in [0.25, 0.3) is 0 Å². The van der Waals surface area contributed by atoms with Crippen LogP contribution in [-0.2, 0) is 6.54 Å². The maximum absolute atomic E-state index is 5.59. The Kier molecular flexibility index (Phi) is 2.48. The van der Waals surface area contributed by atoms with Crippen molar-refractivity contribution < 1.29 is 9.47 Å². The van der Waals surface area contributed by atoms with Crippen molar-refractivity contribution in [3.8, 4) is 11.5 Å². The molecular formula is C11H15NO2. The van der Waals surface area contributed by atoms with E-state index in [-0.39, 0.29) is 0 Å². The van der Waals surface area contributed by atoms with Crippen molar-refractivity contribution in [2.75, 3.05) is 13.2 Å². The van der Waals surface area contributed by atoms with Crippen LogP contribution in [0, 0.1) is 0 Å². The summed E-state index contributed by atoms with van der Waals surface area (Å²) < 4.78 is 13.2. The van der Waals surface area contributed by atoms with Gasteiger partial charge in [0.2, 0.25) is 0 Å². The van der Waals surface area contributed by atoms with Crippen molar-refractivity contribution in [3.63, 3.8) is 0 Å². The Hall–Kier alpha value is -1.38. The average Bonchev–Trinajstić information content (AvgIpc) is 2.58. The third-order valence-electron chi connectivity index (χ3n) is 2.29. The number of aromatic nitrogens is 1. The monoisotopic (exact) mass is 193 g/mol. The summed E-state index contributed by atoms with van der Waals surface area (Å²) in [6.07, 6.45) is 6.07. The highest BCUT2D eigenvalue weighted by molar-refractivity contribution is 5.60. The van der Waals surface area contributed by atoms with Crippen LogP contribution in [0.25, 0.3) is 6.08 Å². The molecule has 1 aromatic heterocycles. The van der Waals surface area contributed by atoms with Gasteiger partial charge in [-0.15, -0.1) is 0 Å². The minimum Gasteiger partial charge on any atom is -0.485 e. The molecule has 0 atom stereocenters. The average molecular weight is 193 g/mol. The predicted octanol–water partition coefficient (Wildman–Crippen LogP) is 2.31. The van der Waals surface area contributed by atoms with Crippen LogP contribution in [0.5, 0.6) is 11.5 Å². The Morgan fingerprint density at radius 2 is 2.21 bits per heavy atom. The maximum Gasteiger partial charge on any atom is 0.186 e. The first-order valence-electron chi connectivity index (χ1n) is 4.98. The molecular weight excluding hydrogens is 178 g/mol. The van der Waals surface area contributed by atoms with Crippen LogP contribution in [0.2, 0.25) is 0 Å². The van der Waals surface area contributed by atoms with Crippen LogP contribution in [-0.4, -0.2) is 17.8 Å². The molecule has 0 amide bonds. The summed E-state index contributed by atoms with van der Waals surface area (Å²) in [7, 11) is 0. The summed E-state index contributed by atoms with van der Waals surface area (Å²) in [6.45, 7) is 6.34. The number of ether oxygens (including phenoxy) is 2. The van der Waals surface area contributed by atoms with Crippen LogP contribution in [0.15, 0.2) is 12.3 Å². The van der Waals surface area contributed by atoms with Gasteiger partial charge in [0, 0.05) is 6.54 Å². The second kappa shape index (κ2) is 3.78. The predicted molar refractivity (Wildman–Crippen MR) is 55.8 cm³/mol. The molecule has 14 heavy (non-hydrogen) atoms. The molecule has 0 aromatic carbocycles. The molecule has 0 fully saturated rings. The van der Waals surface area contributed by atoms with E-state index in [0.717, 1.165) is 23.7 Å². The standard InChI is InChI=1S/C11H15NO2/c1-3-5-9-11-10(8-12(9)4-2)13-6-7-14-11/h3,5,8H,4,6-7H2,1-2H3/b5-3+. The summed E-state index contributed by atoms with van der Waals surface area (Å²) in [6, 6.07) is 0. The Balaban J connectivity index is 2.47. The fraction of sp³-hybridized carbons (Fsp3) is 0.455. The van der Waals surface area contributed by atoms with Crippen LogP contribution in [0.4, 0.5) is 0 Å². The van der Waals surface area contributed by atoms with E-state index in [1.165, 1.54) is 0 Å². The van der Waals surface area contributed by atoms with Crippen molar-refractivity contribution in [1.29, 1.82) is 0 Å². The summed E-state index contributed by atoms with van der Waals surface area (Å²) in [5.41, 5.74) is 1.10. The minimum absolute atomic E-state index is 0.644. The Morgan fingerprint density at radius 3 is 2.93 bits per heavy atom. The fourth-order valence-corrected chi connectivity index (χ4v) is 1.66. The zero-order valence-corrected chi connectivity index (χ0v) is 8.62. The van der Waals surface area contributed by atoms with Gasteiger partial charge in [0.1, 0.15) is 13.2 Å². The lowest BCUT2D eigenvalue weighted by Gasteiger charge is -2.14. The molecule has 76 valence electrons. The summed E-state index contributed by atoms with van der Waals surface area (Å²) >= 11 is 0. The smallest absolute Gasteiger partial charge is 0.186 e. The van der Waals surface area contributed by atoms with Gasteiger partial charge in [-0.05, 0) is 19.9 Å². The van der Waals surface area contributed by atoms with E-state index >= 15 is 0 Å². The van der Waals surface area contributed by atoms with Crippen molar-refractivity contribution in [3.05, 3.63) is 18.0 Å². The third kappa shape index (κ3) is 1.39. The van der Waals surface area contributed by atoms with Crippen LogP contribution >= 0.6 is 0 Å². The molecule has 2 rings (SSSR count). The molecule has 0 radical (unpaired) electrons. The highest BCUT2D eigenvalue weighted by atomic mass is 16.6. The minimum atomic E-state index is 0.644. The Bertz CT molecular complexity index is 352. The quantitative estimate of drug-likeness (QED) is 0.719. The molecule has 0 aliphatic carbocycles. The number of allylic oxidation sites excluding steroid dienone is 1. The molecule has 0 saturated heterocycles. The van der Waals surface area contributed by atoms with Gasteiger partial charge < -0.3 is 14.0 Å². The van der Waals surface area contributed by atoms with E-state index < -0.39 is 0 Å². The number of hydrogen-bond donors (Lipinski definition) is 0. The molecule has 3 heteroatoms. The van der Waals surface area contributed by atoms with Gasteiger partial charge in [-0.25, -0.2) is 0 Å². The van der Waals surface area contributed by atoms with E-state index in [9.17, 15) is 0 Å². The Morgan fingerprint density at radius 1 is 1.43 bits per heavy atom. The van der Waals surface area contributed by atoms with E-state index in [1.54, 1.807) is 0 Å². The molecule has 1 aromatic rings. The number of rotatable bonds is 2. The second-order valence-corrected chi connectivity index (χ2v) is 3.19. The first-order valence-corrected chi connectivity index (χ1v) is 4.98. The number of nitrogens with zero attached hydrogens (tertiary/aromatic N) is 1. The first kappa shape index (κ1) is 9.19. The molecule has 0 N–H and O–H groups in total. The molecule has 0 saturated carbocycles. The van der Waals surface area contributed by atoms with E-state index in [4.69, 9.17) is 9.47 Å². The van der Waals surface area contributed by atoms with Gasteiger partial charge in [-0.1, -0.05) is 6.08 Å². The summed E-state index contributed by atoms with van der Waals surface area (Å²) in [5, 5.41) is 0. The SMILES string of the molecule is C/C=C/c1c2c(cn1CC)OCCO2. The van der Waals surface area contributed by atoms with Crippen LogP contribution in [0.3, 0.4) is 0 Å².